The Balaban J connectivity index is 2.79. The molecule has 0 aromatic heterocycles. The molecule has 0 aliphatic carbocycles. The normalized spacial score (nSPS) is 26.7. The van der Waals surface area contributed by atoms with Crippen molar-refractivity contribution in [3.8, 4) is 0 Å². The van der Waals surface area contributed by atoms with Gasteiger partial charge in [0.25, 0.3) is 0 Å². The summed E-state index contributed by atoms with van der Waals surface area (Å²) in [5, 5.41) is 0. The minimum absolute atomic E-state index is 0.0126. The molecule has 1 fully saturated rings. The summed E-state index contributed by atoms with van der Waals surface area (Å²) < 4.78 is 21.6. The van der Waals surface area contributed by atoms with Gasteiger partial charge in [-0.05, 0) is 7.05 Å². The second kappa shape index (κ2) is 2.32. The van der Waals surface area contributed by atoms with Crippen LogP contribution in [0.3, 0.4) is 0 Å². The van der Waals surface area contributed by atoms with Gasteiger partial charge in [-0.25, -0.2) is 8.42 Å². The Morgan fingerprint density at radius 1 is 1.50 bits per heavy atom. The Hall–Kier alpha value is -0.420. The molecule has 0 radical (unpaired) electrons. The summed E-state index contributed by atoms with van der Waals surface area (Å²) in [6.07, 6.45) is 0. The van der Waals surface area contributed by atoms with Crippen molar-refractivity contribution in [3.63, 3.8) is 0 Å². The van der Waals surface area contributed by atoms with E-state index in [1.165, 1.54) is 4.90 Å². The first-order valence-corrected chi connectivity index (χ1v) is 4.72. The Morgan fingerprint density at radius 2 is 2.10 bits per heavy atom. The van der Waals surface area contributed by atoms with Gasteiger partial charge in [0.2, 0.25) is 0 Å². The van der Waals surface area contributed by atoms with Gasteiger partial charge in [-0.2, -0.15) is 0 Å². The Labute approximate surface area is 59.7 Å². The van der Waals surface area contributed by atoms with E-state index < -0.39 is 9.84 Å². The van der Waals surface area contributed by atoms with Crippen molar-refractivity contribution in [3.05, 3.63) is 0 Å². The first-order chi connectivity index (χ1) is 4.49. The number of ketones is 1. The summed E-state index contributed by atoms with van der Waals surface area (Å²) in [6.45, 7) is 0.263. The van der Waals surface area contributed by atoms with Crippen LogP contribution in [0.1, 0.15) is 0 Å². The number of carbonyl (C=O) groups excluding carboxylic acids is 1. The zero-order chi connectivity index (χ0) is 7.78. The van der Waals surface area contributed by atoms with E-state index in [4.69, 9.17) is 0 Å². The van der Waals surface area contributed by atoms with Gasteiger partial charge in [-0.1, -0.05) is 0 Å². The standard InChI is InChI=1S/C5H9NO3S/c1-6-2-5(7)3-10(8,9)4-6/h2-4H2,1H3. The molecule has 0 unspecified atom stereocenters. The van der Waals surface area contributed by atoms with Crippen molar-refractivity contribution >= 4 is 15.6 Å². The zero-order valence-corrected chi connectivity index (χ0v) is 6.52. The van der Waals surface area contributed by atoms with Crippen molar-refractivity contribution in [1.82, 2.24) is 4.90 Å². The number of likely N-dealkylation sites (N-methyl/N-ethyl adjacent to an activating group) is 1. The lowest BCUT2D eigenvalue weighted by Gasteiger charge is -2.20. The van der Waals surface area contributed by atoms with Gasteiger partial charge >= 0.3 is 0 Å². The van der Waals surface area contributed by atoms with Crippen molar-refractivity contribution in [2.75, 3.05) is 25.2 Å². The van der Waals surface area contributed by atoms with Crippen LogP contribution in [0.15, 0.2) is 0 Å². The van der Waals surface area contributed by atoms with Gasteiger partial charge < -0.3 is 0 Å². The highest BCUT2D eigenvalue weighted by Gasteiger charge is 2.25. The maximum absolute atomic E-state index is 10.8. The molecule has 0 N–H and O–H groups in total. The van der Waals surface area contributed by atoms with Crippen molar-refractivity contribution in [2.45, 2.75) is 0 Å². The third kappa shape index (κ3) is 1.78. The second-order valence-corrected chi connectivity index (χ2v) is 4.60. The average Bonchev–Trinajstić information content (AvgIpc) is 1.54. The molecule has 1 aliphatic rings. The minimum Gasteiger partial charge on any atom is -0.297 e. The molecule has 0 aromatic rings. The van der Waals surface area contributed by atoms with Crippen LogP contribution in [0, 0.1) is 0 Å². The van der Waals surface area contributed by atoms with Crippen LogP contribution in [0.2, 0.25) is 0 Å². The number of carbonyl (C=O) groups is 1. The zero-order valence-electron chi connectivity index (χ0n) is 5.70. The molecular formula is C5H9NO3S. The van der Waals surface area contributed by atoms with Crippen LogP contribution in [-0.4, -0.2) is 44.3 Å². The Kier molecular flexibility index (Phi) is 1.78. The third-order valence-electron chi connectivity index (χ3n) is 1.24. The fraction of sp³-hybridized carbons (Fsp3) is 0.800. The molecular weight excluding hydrogens is 154 g/mol. The fourth-order valence-corrected chi connectivity index (χ4v) is 2.46. The monoisotopic (exact) mass is 163 g/mol. The third-order valence-corrected chi connectivity index (χ3v) is 2.84. The lowest BCUT2D eigenvalue weighted by atomic mass is 10.4. The van der Waals surface area contributed by atoms with Crippen LogP contribution in [-0.2, 0) is 14.6 Å². The summed E-state index contributed by atoms with van der Waals surface area (Å²) in [4.78, 5) is 12.2. The molecule has 0 aromatic carbocycles. The Morgan fingerprint density at radius 3 is 2.50 bits per heavy atom. The van der Waals surface area contributed by atoms with Gasteiger partial charge in [-0.15, -0.1) is 0 Å². The van der Waals surface area contributed by atoms with Crippen LogP contribution in [0.4, 0.5) is 0 Å². The van der Waals surface area contributed by atoms with E-state index in [9.17, 15) is 13.2 Å². The van der Waals surface area contributed by atoms with E-state index in [0.29, 0.717) is 0 Å². The minimum atomic E-state index is -3.10. The van der Waals surface area contributed by atoms with Gasteiger partial charge in [0.05, 0.1) is 6.54 Å². The van der Waals surface area contributed by atoms with Gasteiger partial charge in [0.1, 0.15) is 11.6 Å². The number of Topliss-reactive ketones (excluding diaryl/α,β-unsaturated/α-hetero) is 1. The number of nitrogens with zero attached hydrogens (tertiary/aromatic N) is 1. The Bertz CT molecular complexity index is 244. The van der Waals surface area contributed by atoms with Gasteiger partial charge in [0, 0.05) is 0 Å². The van der Waals surface area contributed by atoms with Crippen molar-refractivity contribution in [2.24, 2.45) is 0 Å². The smallest absolute Gasteiger partial charge is 0.170 e. The SMILES string of the molecule is CN1CC(=O)CS(=O)(=O)C1. The molecule has 4 nitrogen and oxygen atoms in total. The predicted molar refractivity (Wildman–Crippen MR) is 36.3 cm³/mol. The van der Waals surface area contributed by atoms with Crippen LogP contribution in [0.5, 0.6) is 0 Å². The van der Waals surface area contributed by atoms with Crippen LogP contribution < -0.4 is 0 Å². The molecule has 5 heteroatoms. The molecule has 1 saturated heterocycles. The van der Waals surface area contributed by atoms with E-state index in [1.54, 1.807) is 7.05 Å². The van der Waals surface area contributed by atoms with E-state index in [0.717, 1.165) is 0 Å². The average molecular weight is 163 g/mol. The van der Waals surface area contributed by atoms with Gasteiger partial charge in [-0.3, -0.25) is 9.69 Å². The van der Waals surface area contributed by atoms with E-state index in [-0.39, 0.29) is 24.0 Å². The van der Waals surface area contributed by atoms with E-state index >= 15 is 0 Å². The number of hydrogen-bond donors (Lipinski definition) is 0. The highest BCUT2D eigenvalue weighted by atomic mass is 32.2. The summed E-state index contributed by atoms with van der Waals surface area (Å²) in [6, 6.07) is 0. The highest BCUT2D eigenvalue weighted by molar-refractivity contribution is 7.92. The fourth-order valence-electron chi connectivity index (χ4n) is 1.02. The number of rotatable bonds is 0. The summed E-state index contributed by atoms with van der Waals surface area (Å²) in [5.41, 5.74) is 0. The molecule has 1 heterocycles. The molecule has 1 aliphatic heterocycles. The molecule has 10 heavy (non-hydrogen) atoms. The predicted octanol–water partition coefficient (Wildman–Crippen LogP) is -1.13. The topological polar surface area (TPSA) is 54.5 Å². The van der Waals surface area contributed by atoms with Crippen molar-refractivity contribution < 1.29 is 13.2 Å². The van der Waals surface area contributed by atoms with Crippen LogP contribution >= 0.6 is 0 Å². The molecule has 0 saturated carbocycles. The molecule has 0 atom stereocenters. The van der Waals surface area contributed by atoms with Crippen molar-refractivity contribution in [1.29, 1.82) is 0 Å². The first-order valence-electron chi connectivity index (χ1n) is 2.90. The second-order valence-electron chi connectivity index (χ2n) is 2.57. The lowest BCUT2D eigenvalue weighted by molar-refractivity contribution is -0.117. The molecule has 0 amide bonds. The molecule has 0 bridgehead atoms. The summed E-state index contributed by atoms with van der Waals surface area (Å²) in [5.74, 6) is -0.482. The number of hydrogen-bond acceptors (Lipinski definition) is 4. The molecule has 1 rings (SSSR count). The quantitative estimate of drug-likeness (QED) is 0.453. The molecule has 0 spiro atoms. The lowest BCUT2D eigenvalue weighted by Crippen LogP contribution is -2.41. The molecule has 58 valence electrons. The first kappa shape index (κ1) is 7.68. The number of sulfone groups is 1. The largest absolute Gasteiger partial charge is 0.297 e. The maximum atomic E-state index is 10.8. The van der Waals surface area contributed by atoms with Gasteiger partial charge in [0.15, 0.2) is 15.6 Å². The van der Waals surface area contributed by atoms with E-state index in [1.807, 2.05) is 0 Å². The summed E-state index contributed by atoms with van der Waals surface area (Å²) in [7, 11) is -1.49. The van der Waals surface area contributed by atoms with Crippen LogP contribution in [0.25, 0.3) is 0 Å². The van der Waals surface area contributed by atoms with E-state index in [2.05, 4.69) is 0 Å². The summed E-state index contributed by atoms with van der Waals surface area (Å²) >= 11 is 0. The highest BCUT2D eigenvalue weighted by Crippen LogP contribution is 2.01. The maximum Gasteiger partial charge on any atom is 0.170 e.